The Hall–Kier alpha value is -1.71. The first-order valence-corrected chi connectivity index (χ1v) is 8.21. The van der Waals surface area contributed by atoms with Crippen molar-refractivity contribution < 1.29 is 9.53 Å². The molecule has 0 heterocycles. The highest BCUT2D eigenvalue weighted by atomic mass is 35.5. The van der Waals surface area contributed by atoms with Crippen molar-refractivity contribution >= 4 is 29.3 Å². The molecule has 3 rings (SSSR count). The monoisotopic (exact) mass is 349 g/mol. The lowest BCUT2D eigenvalue weighted by Gasteiger charge is -2.28. The topological polar surface area (TPSA) is 38.3 Å². The van der Waals surface area contributed by atoms with Gasteiger partial charge in [0.2, 0.25) is 0 Å². The molecular weight excluding hydrogens is 333 g/mol. The fourth-order valence-electron chi connectivity index (χ4n) is 2.94. The van der Waals surface area contributed by atoms with Gasteiger partial charge in [0.1, 0.15) is 6.10 Å². The summed E-state index contributed by atoms with van der Waals surface area (Å²) in [5, 5.41) is 3.86. The van der Waals surface area contributed by atoms with Crippen LogP contribution in [0.4, 0.5) is 4.79 Å². The first-order chi connectivity index (χ1) is 11.0. The minimum absolute atomic E-state index is 0.231. The first kappa shape index (κ1) is 16.2. The highest BCUT2D eigenvalue weighted by Crippen LogP contribution is 2.58. The summed E-state index contributed by atoms with van der Waals surface area (Å²) in [5.41, 5.74) is 1.79. The second-order valence-electron chi connectivity index (χ2n) is 5.75. The van der Waals surface area contributed by atoms with Crippen molar-refractivity contribution in [3.63, 3.8) is 0 Å². The third-order valence-corrected chi connectivity index (χ3v) is 4.78. The minimum Gasteiger partial charge on any atom is -0.440 e. The van der Waals surface area contributed by atoms with Crippen molar-refractivity contribution in [1.29, 1.82) is 0 Å². The maximum absolute atomic E-state index is 11.8. The van der Waals surface area contributed by atoms with E-state index in [1.54, 1.807) is 7.05 Å². The Morgan fingerprint density at radius 2 is 1.83 bits per heavy atom. The fourth-order valence-corrected chi connectivity index (χ4v) is 3.25. The molecule has 1 unspecified atom stereocenters. The van der Waals surface area contributed by atoms with Crippen molar-refractivity contribution in [2.75, 3.05) is 7.05 Å². The van der Waals surface area contributed by atoms with Gasteiger partial charge in [-0.1, -0.05) is 47.5 Å². The van der Waals surface area contributed by atoms with Gasteiger partial charge < -0.3 is 10.1 Å². The van der Waals surface area contributed by atoms with Gasteiger partial charge in [0.05, 0.1) is 0 Å². The summed E-state index contributed by atoms with van der Waals surface area (Å²) in [6, 6.07) is 15.2. The number of alkyl carbamates (subject to hydrolysis) is 1. The number of hydrogen-bond acceptors (Lipinski definition) is 2. The third kappa shape index (κ3) is 3.31. The van der Waals surface area contributed by atoms with E-state index < -0.39 is 6.09 Å². The fraction of sp³-hybridized carbons (Fsp3) is 0.278. The van der Waals surface area contributed by atoms with Crippen LogP contribution in [-0.4, -0.2) is 13.1 Å². The molecule has 0 spiro atoms. The van der Waals surface area contributed by atoms with Gasteiger partial charge in [0, 0.05) is 22.5 Å². The maximum Gasteiger partial charge on any atom is 0.407 e. The number of benzene rings is 2. The van der Waals surface area contributed by atoms with Gasteiger partial charge in [-0.25, -0.2) is 4.79 Å². The second kappa shape index (κ2) is 6.42. The lowest BCUT2D eigenvalue weighted by Crippen LogP contribution is -2.29. The minimum atomic E-state index is -0.446. The van der Waals surface area contributed by atoms with Crippen LogP contribution in [0.3, 0.4) is 0 Å². The molecule has 0 radical (unpaired) electrons. The number of hydrogen-bond donors (Lipinski definition) is 1. The summed E-state index contributed by atoms with van der Waals surface area (Å²) in [5.74, 6) is 0. The first-order valence-electron chi connectivity index (χ1n) is 7.45. The summed E-state index contributed by atoms with van der Waals surface area (Å²) in [7, 11) is 1.56. The predicted molar refractivity (Wildman–Crippen MR) is 92.1 cm³/mol. The van der Waals surface area contributed by atoms with Gasteiger partial charge >= 0.3 is 6.09 Å². The number of rotatable bonds is 4. The Balaban J connectivity index is 2.00. The average Bonchev–Trinajstić information content (AvgIpc) is 3.35. The molecule has 5 heteroatoms. The van der Waals surface area contributed by atoms with Crippen LogP contribution in [0, 0.1) is 0 Å². The summed E-state index contributed by atoms with van der Waals surface area (Å²) >= 11 is 12.1. The molecule has 120 valence electrons. The number of halogens is 2. The largest absolute Gasteiger partial charge is 0.440 e. The summed E-state index contributed by atoms with van der Waals surface area (Å²) in [4.78, 5) is 11.8. The van der Waals surface area contributed by atoms with E-state index in [2.05, 4.69) is 5.32 Å². The van der Waals surface area contributed by atoms with Crippen LogP contribution in [0.5, 0.6) is 0 Å². The highest BCUT2D eigenvalue weighted by Gasteiger charge is 2.53. The lowest BCUT2D eigenvalue weighted by molar-refractivity contribution is 0.0757. The number of amides is 1. The van der Waals surface area contributed by atoms with Crippen molar-refractivity contribution in [2.24, 2.45) is 0 Å². The Labute approximate surface area is 145 Å². The Morgan fingerprint density at radius 1 is 1.13 bits per heavy atom. The molecule has 1 N–H and O–H groups in total. The van der Waals surface area contributed by atoms with Gasteiger partial charge in [0.15, 0.2) is 0 Å². The highest BCUT2D eigenvalue weighted by molar-refractivity contribution is 6.30. The number of ether oxygens (including phenoxy) is 1. The van der Waals surface area contributed by atoms with E-state index in [4.69, 9.17) is 27.9 Å². The molecule has 1 amide bonds. The summed E-state index contributed by atoms with van der Waals surface area (Å²) in [6.45, 7) is 0. The molecule has 1 aliphatic rings. The smallest absolute Gasteiger partial charge is 0.407 e. The summed E-state index contributed by atoms with van der Waals surface area (Å²) in [6.07, 6.45) is 1.06. The zero-order chi connectivity index (χ0) is 16.4. The molecule has 2 aromatic carbocycles. The molecule has 3 nitrogen and oxygen atoms in total. The average molecular weight is 350 g/mol. The Morgan fingerprint density at radius 3 is 2.39 bits per heavy atom. The molecule has 1 atom stereocenters. The van der Waals surface area contributed by atoms with Gasteiger partial charge in [-0.05, 0) is 48.2 Å². The van der Waals surface area contributed by atoms with Crippen molar-refractivity contribution in [1.82, 2.24) is 5.32 Å². The van der Waals surface area contributed by atoms with Crippen LogP contribution in [0.15, 0.2) is 48.5 Å². The Kier molecular flexibility index (Phi) is 4.51. The summed E-state index contributed by atoms with van der Waals surface area (Å²) < 4.78 is 5.71. The van der Waals surface area contributed by atoms with E-state index in [1.807, 2.05) is 48.5 Å². The van der Waals surface area contributed by atoms with E-state index in [9.17, 15) is 4.79 Å². The van der Waals surface area contributed by atoms with Crippen LogP contribution < -0.4 is 5.32 Å². The van der Waals surface area contributed by atoms with Crippen LogP contribution >= 0.6 is 23.2 Å². The van der Waals surface area contributed by atoms with E-state index in [1.165, 1.54) is 0 Å². The molecule has 0 aromatic heterocycles. The molecule has 0 saturated heterocycles. The van der Waals surface area contributed by atoms with Crippen LogP contribution in [0.2, 0.25) is 10.0 Å². The van der Waals surface area contributed by atoms with Crippen LogP contribution in [0.1, 0.15) is 30.1 Å². The molecule has 2 aromatic rings. The Bertz CT molecular complexity index is 711. The van der Waals surface area contributed by atoms with Gasteiger partial charge in [-0.3, -0.25) is 0 Å². The molecule has 0 aliphatic heterocycles. The number of nitrogens with one attached hydrogen (secondary N) is 1. The SMILES string of the molecule is CNC(=O)OC(c1ccc(Cl)cc1)C1(c2cccc(Cl)c2)CC1. The zero-order valence-electron chi connectivity index (χ0n) is 12.7. The molecule has 1 saturated carbocycles. The van der Waals surface area contributed by atoms with Crippen LogP contribution in [-0.2, 0) is 10.2 Å². The molecule has 23 heavy (non-hydrogen) atoms. The van der Waals surface area contributed by atoms with E-state index >= 15 is 0 Å². The normalized spacial score (nSPS) is 16.5. The predicted octanol–water partition coefficient (Wildman–Crippen LogP) is 5.12. The molecular formula is C18H17Cl2NO2. The van der Waals surface area contributed by atoms with E-state index in [0.29, 0.717) is 10.0 Å². The maximum atomic E-state index is 11.8. The number of carbonyl (C=O) groups excluding carboxylic acids is 1. The van der Waals surface area contributed by atoms with Gasteiger partial charge in [0.25, 0.3) is 0 Å². The molecule has 1 fully saturated rings. The molecule has 1 aliphatic carbocycles. The standard InChI is InChI=1S/C18H17Cl2NO2/c1-21-17(22)23-16(12-5-7-14(19)8-6-12)18(9-10-18)13-3-2-4-15(20)11-13/h2-8,11,16H,9-10H2,1H3,(H,21,22). The lowest BCUT2D eigenvalue weighted by atomic mass is 9.86. The van der Waals surface area contributed by atoms with Crippen molar-refractivity contribution in [3.05, 3.63) is 69.7 Å². The van der Waals surface area contributed by atoms with Crippen LogP contribution in [0.25, 0.3) is 0 Å². The van der Waals surface area contributed by atoms with E-state index in [0.717, 1.165) is 24.0 Å². The van der Waals surface area contributed by atoms with E-state index in [-0.39, 0.29) is 11.5 Å². The quantitative estimate of drug-likeness (QED) is 0.831. The zero-order valence-corrected chi connectivity index (χ0v) is 14.2. The van der Waals surface area contributed by atoms with Crippen molar-refractivity contribution in [2.45, 2.75) is 24.4 Å². The third-order valence-electron chi connectivity index (χ3n) is 4.29. The van der Waals surface area contributed by atoms with Gasteiger partial charge in [-0.15, -0.1) is 0 Å². The van der Waals surface area contributed by atoms with Crippen molar-refractivity contribution in [3.8, 4) is 0 Å². The molecule has 0 bridgehead atoms. The second-order valence-corrected chi connectivity index (χ2v) is 6.63. The number of carbonyl (C=O) groups is 1. The van der Waals surface area contributed by atoms with Gasteiger partial charge in [-0.2, -0.15) is 0 Å².